The van der Waals surface area contributed by atoms with Crippen LogP contribution in [0.2, 0.25) is 0 Å². The molecule has 122 valence electrons. The largest absolute Gasteiger partial charge is 0.494 e. The van der Waals surface area contributed by atoms with E-state index in [4.69, 9.17) is 4.74 Å². The molecule has 0 unspecified atom stereocenters. The van der Waals surface area contributed by atoms with Crippen LogP contribution in [0.5, 0.6) is 5.75 Å². The highest BCUT2D eigenvalue weighted by atomic mass is 16.5. The van der Waals surface area contributed by atoms with Gasteiger partial charge >= 0.3 is 0 Å². The third kappa shape index (κ3) is 4.01. The summed E-state index contributed by atoms with van der Waals surface area (Å²) in [6, 6.07) is 15.2. The Balaban J connectivity index is 1.60. The van der Waals surface area contributed by atoms with E-state index in [1.165, 1.54) is 6.08 Å². The lowest BCUT2D eigenvalue weighted by Gasteiger charge is -2.03. The first kappa shape index (κ1) is 15.8. The number of nitrogens with one attached hydrogen (secondary N) is 2. The molecular weight excluding hydrogens is 302 g/mol. The normalized spacial score (nSPS) is 11.0. The molecule has 3 rings (SSSR count). The third-order valence-corrected chi connectivity index (χ3v) is 3.41. The summed E-state index contributed by atoms with van der Waals surface area (Å²) in [5.41, 5.74) is 2.64. The molecule has 2 N–H and O–H groups in total. The van der Waals surface area contributed by atoms with Crippen molar-refractivity contribution in [3.8, 4) is 5.75 Å². The van der Waals surface area contributed by atoms with Crippen LogP contribution in [0.15, 0.2) is 54.6 Å². The highest BCUT2D eigenvalue weighted by molar-refractivity contribution is 6.01. The van der Waals surface area contributed by atoms with Gasteiger partial charge in [-0.15, -0.1) is 0 Å². The topological polar surface area (TPSA) is 67.0 Å². The average Bonchev–Trinajstić information content (AvgIpc) is 3.01. The van der Waals surface area contributed by atoms with E-state index in [-0.39, 0.29) is 5.91 Å². The average molecular weight is 321 g/mol. The Labute approximate surface area is 140 Å². The SMILES string of the molecule is CCCOc1ccc(/C=C/C(=O)Nc2nc3ccccc3[nH]2)cc1. The second-order valence-electron chi connectivity index (χ2n) is 5.34. The van der Waals surface area contributed by atoms with Crippen molar-refractivity contribution in [1.29, 1.82) is 0 Å². The summed E-state index contributed by atoms with van der Waals surface area (Å²) in [5.74, 6) is 1.04. The van der Waals surface area contributed by atoms with Crippen LogP contribution in [0, 0.1) is 0 Å². The van der Waals surface area contributed by atoms with Gasteiger partial charge in [0.05, 0.1) is 17.6 Å². The molecule has 1 heterocycles. The predicted molar refractivity (Wildman–Crippen MR) is 96.0 cm³/mol. The van der Waals surface area contributed by atoms with E-state index in [0.29, 0.717) is 12.6 Å². The molecule has 0 saturated carbocycles. The fraction of sp³-hybridized carbons (Fsp3) is 0.158. The maximum absolute atomic E-state index is 12.0. The van der Waals surface area contributed by atoms with Gasteiger partial charge in [0.1, 0.15) is 5.75 Å². The van der Waals surface area contributed by atoms with E-state index in [0.717, 1.165) is 28.8 Å². The highest BCUT2D eigenvalue weighted by Gasteiger charge is 2.04. The first-order chi connectivity index (χ1) is 11.7. The molecule has 0 fully saturated rings. The number of ether oxygens (including phenoxy) is 1. The monoisotopic (exact) mass is 321 g/mol. The smallest absolute Gasteiger partial charge is 0.250 e. The molecule has 5 nitrogen and oxygen atoms in total. The molecule has 0 aliphatic carbocycles. The van der Waals surface area contributed by atoms with Crippen molar-refractivity contribution in [3.63, 3.8) is 0 Å². The van der Waals surface area contributed by atoms with Crippen molar-refractivity contribution in [2.24, 2.45) is 0 Å². The van der Waals surface area contributed by atoms with Gasteiger partial charge in [0.25, 0.3) is 5.91 Å². The Kier molecular flexibility index (Phi) is 4.91. The van der Waals surface area contributed by atoms with Gasteiger partial charge < -0.3 is 9.72 Å². The van der Waals surface area contributed by atoms with Gasteiger partial charge in [0.2, 0.25) is 5.95 Å². The van der Waals surface area contributed by atoms with Crippen molar-refractivity contribution in [3.05, 3.63) is 60.2 Å². The summed E-state index contributed by atoms with van der Waals surface area (Å²) < 4.78 is 5.53. The first-order valence-electron chi connectivity index (χ1n) is 7.91. The minimum atomic E-state index is -0.236. The van der Waals surface area contributed by atoms with Crippen molar-refractivity contribution in [2.75, 3.05) is 11.9 Å². The van der Waals surface area contributed by atoms with Crippen LogP contribution in [-0.2, 0) is 4.79 Å². The number of nitrogens with zero attached hydrogens (tertiary/aromatic N) is 1. The van der Waals surface area contributed by atoms with Crippen LogP contribution < -0.4 is 10.1 Å². The molecule has 0 aliphatic heterocycles. The quantitative estimate of drug-likeness (QED) is 0.674. The standard InChI is InChI=1S/C19H19N3O2/c1-2-13-24-15-10-7-14(8-11-15)9-12-18(23)22-19-20-16-5-3-4-6-17(16)21-19/h3-12H,2,13H2,1H3,(H2,20,21,22,23)/b12-9+. The Morgan fingerprint density at radius 2 is 2.00 bits per heavy atom. The van der Waals surface area contributed by atoms with Crippen LogP contribution in [-0.4, -0.2) is 22.5 Å². The number of amides is 1. The van der Waals surface area contributed by atoms with Crippen LogP contribution in [0.4, 0.5) is 5.95 Å². The number of fused-ring (bicyclic) bond motifs is 1. The lowest BCUT2D eigenvalue weighted by molar-refractivity contribution is -0.111. The summed E-state index contributed by atoms with van der Waals surface area (Å²) in [6.45, 7) is 2.77. The van der Waals surface area contributed by atoms with Gasteiger partial charge in [-0.25, -0.2) is 4.98 Å². The van der Waals surface area contributed by atoms with Crippen LogP contribution in [0.1, 0.15) is 18.9 Å². The summed E-state index contributed by atoms with van der Waals surface area (Å²) in [7, 11) is 0. The number of carbonyl (C=O) groups excluding carboxylic acids is 1. The Hall–Kier alpha value is -3.08. The number of aromatic nitrogens is 2. The predicted octanol–water partition coefficient (Wildman–Crippen LogP) is 4.00. The van der Waals surface area contributed by atoms with Crippen molar-refractivity contribution < 1.29 is 9.53 Å². The Morgan fingerprint density at radius 1 is 1.21 bits per heavy atom. The lowest BCUT2D eigenvalue weighted by atomic mass is 10.2. The molecule has 0 bridgehead atoms. The fourth-order valence-electron chi connectivity index (χ4n) is 2.24. The van der Waals surface area contributed by atoms with Crippen molar-refractivity contribution in [1.82, 2.24) is 9.97 Å². The maximum Gasteiger partial charge on any atom is 0.250 e. The van der Waals surface area contributed by atoms with Gasteiger partial charge in [0.15, 0.2) is 0 Å². The number of carbonyl (C=O) groups is 1. The van der Waals surface area contributed by atoms with Crippen LogP contribution >= 0.6 is 0 Å². The van der Waals surface area contributed by atoms with E-state index >= 15 is 0 Å². The second kappa shape index (κ2) is 7.46. The van der Waals surface area contributed by atoms with E-state index < -0.39 is 0 Å². The highest BCUT2D eigenvalue weighted by Crippen LogP contribution is 2.15. The van der Waals surface area contributed by atoms with Gasteiger partial charge in [-0.1, -0.05) is 31.2 Å². The molecule has 5 heteroatoms. The number of hydrogen-bond donors (Lipinski definition) is 2. The van der Waals surface area contributed by atoms with Gasteiger partial charge in [0, 0.05) is 6.08 Å². The van der Waals surface area contributed by atoms with Gasteiger partial charge in [-0.05, 0) is 42.3 Å². The van der Waals surface area contributed by atoms with Crippen LogP contribution in [0.25, 0.3) is 17.1 Å². The molecule has 0 aliphatic rings. The van der Waals surface area contributed by atoms with Crippen LogP contribution in [0.3, 0.4) is 0 Å². The van der Waals surface area contributed by atoms with E-state index in [1.807, 2.05) is 48.5 Å². The lowest BCUT2D eigenvalue weighted by Crippen LogP contribution is -2.08. The number of H-pyrrole nitrogens is 1. The summed E-state index contributed by atoms with van der Waals surface area (Å²) in [4.78, 5) is 19.4. The number of aromatic amines is 1. The molecule has 1 aromatic heterocycles. The zero-order valence-corrected chi connectivity index (χ0v) is 13.5. The molecule has 0 atom stereocenters. The number of anilines is 1. The summed E-state index contributed by atoms with van der Waals surface area (Å²) >= 11 is 0. The maximum atomic E-state index is 12.0. The van der Waals surface area contributed by atoms with E-state index in [1.54, 1.807) is 6.08 Å². The first-order valence-corrected chi connectivity index (χ1v) is 7.91. The summed E-state index contributed by atoms with van der Waals surface area (Å²) in [6.07, 6.45) is 4.21. The minimum absolute atomic E-state index is 0.236. The third-order valence-electron chi connectivity index (χ3n) is 3.41. The Bertz CT molecular complexity index is 817. The van der Waals surface area contributed by atoms with E-state index in [2.05, 4.69) is 22.2 Å². The van der Waals surface area contributed by atoms with Gasteiger partial charge in [-0.3, -0.25) is 10.1 Å². The van der Waals surface area contributed by atoms with Crippen molar-refractivity contribution in [2.45, 2.75) is 13.3 Å². The van der Waals surface area contributed by atoms with Gasteiger partial charge in [-0.2, -0.15) is 0 Å². The zero-order valence-electron chi connectivity index (χ0n) is 13.5. The number of rotatable bonds is 6. The number of imidazole rings is 1. The molecule has 0 saturated heterocycles. The fourth-order valence-corrected chi connectivity index (χ4v) is 2.24. The molecule has 3 aromatic rings. The Morgan fingerprint density at radius 3 is 2.75 bits per heavy atom. The van der Waals surface area contributed by atoms with E-state index in [9.17, 15) is 4.79 Å². The molecular formula is C19H19N3O2. The van der Waals surface area contributed by atoms with Crippen molar-refractivity contribution >= 4 is 29.0 Å². The molecule has 1 amide bonds. The molecule has 0 radical (unpaired) electrons. The minimum Gasteiger partial charge on any atom is -0.494 e. The number of para-hydroxylation sites is 2. The molecule has 2 aromatic carbocycles. The molecule has 24 heavy (non-hydrogen) atoms. The molecule has 0 spiro atoms. The number of benzene rings is 2. The second-order valence-corrected chi connectivity index (χ2v) is 5.34. The summed E-state index contributed by atoms with van der Waals surface area (Å²) in [5, 5.41) is 2.72. The number of hydrogen-bond acceptors (Lipinski definition) is 3. The zero-order chi connectivity index (χ0) is 16.8.